The first-order chi connectivity index (χ1) is 16.5. The number of carbonyl (C=O) groups is 3. The van der Waals surface area contributed by atoms with Crippen LogP contribution in [0.3, 0.4) is 0 Å². The fourth-order valence-electron chi connectivity index (χ4n) is 4.79. The summed E-state index contributed by atoms with van der Waals surface area (Å²) in [6.07, 6.45) is 2.14. The van der Waals surface area contributed by atoms with E-state index >= 15 is 0 Å². The summed E-state index contributed by atoms with van der Waals surface area (Å²) in [5.41, 5.74) is 4.32. The molecule has 0 bridgehead atoms. The van der Waals surface area contributed by atoms with Crippen molar-refractivity contribution in [3.05, 3.63) is 59.7 Å². The minimum absolute atomic E-state index is 0.00168. The second-order valence-corrected chi connectivity index (χ2v) is 9.01. The molecule has 2 aromatic carbocycles. The number of carbonyl (C=O) groups excluding carboxylic acids is 2. The lowest BCUT2D eigenvalue weighted by Gasteiger charge is -2.40. The van der Waals surface area contributed by atoms with E-state index in [1.807, 2.05) is 24.3 Å². The lowest BCUT2D eigenvalue weighted by molar-refractivity contribution is -0.142. The number of fused-ring (bicyclic) bond motifs is 3. The Hall–Kier alpha value is -3.39. The van der Waals surface area contributed by atoms with Crippen LogP contribution in [0.15, 0.2) is 48.5 Å². The molecule has 0 spiro atoms. The van der Waals surface area contributed by atoms with Gasteiger partial charge in [-0.3, -0.25) is 9.59 Å². The Labute approximate surface area is 198 Å². The summed E-state index contributed by atoms with van der Waals surface area (Å²) in [6, 6.07) is 16.3. The zero-order valence-corrected chi connectivity index (χ0v) is 19.0. The van der Waals surface area contributed by atoms with Crippen molar-refractivity contribution in [1.82, 2.24) is 10.6 Å². The second-order valence-electron chi connectivity index (χ2n) is 9.01. The van der Waals surface area contributed by atoms with E-state index in [9.17, 15) is 14.4 Å². The lowest BCUT2D eigenvalue weighted by Crippen LogP contribution is -2.44. The van der Waals surface area contributed by atoms with Gasteiger partial charge >= 0.3 is 12.1 Å². The van der Waals surface area contributed by atoms with Gasteiger partial charge in [0, 0.05) is 19.0 Å². The number of ether oxygens (including phenoxy) is 2. The highest BCUT2D eigenvalue weighted by atomic mass is 16.5. The number of aliphatic carboxylic acids is 1. The summed E-state index contributed by atoms with van der Waals surface area (Å²) in [5, 5.41) is 14.4. The van der Waals surface area contributed by atoms with Gasteiger partial charge in [-0.15, -0.1) is 0 Å². The van der Waals surface area contributed by atoms with Gasteiger partial charge in [-0.2, -0.15) is 0 Å². The van der Waals surface area contributed by atoms with Gasteiger partial charge in [0.05, 0.1) is 13.0 Å². The van der Waals surface area contributed by atoms with E-state index in [1.165, 1.54) is 11.1 Å². The van der Waals surface area contributed by atoms with Crippen molar-refractivity contribution in [3.63, 3.8) is 0 Å². The maximum Gasteiger partial charge on any atom is 0.407 e. The number of rotatable bonds is 11. The summed E-state index contributed by atoms with van der Waals surface area (Å²) in [5.74, 6) is -1.14. The van der Waals surface area contributed by atoms with Crippen LogP contribution < -0.4 is 10.6 Å². The fraction of sp³-hybridized carbons (Fsp3) is 0.423. The molecular weight excluding hydrogens is 436 g/mol. The molecule has 1 saturated carbocycles. The van der Waals surface area contributed by atoms with E-state index in [1.54, 1.807) is 0 Å². The van der Waals surface area contributed by atoms with Gasteiger partial charge in [-0.05, 0) is 40.5 Å². The number of carboxylic acid groups (broad SMARTS) is 1. The standard InChI is InChI=1S/C26H30N2O6/c29-23(28-17-26(10-5-11-26)14-24(30)31)16-33-13-12-27-25(32)34-15-22-20-8-3-1-6-18(20)19-7-2-4-9-21(19)22/h1-4,6-9,22H,5,10-17H2,(H,27,32)(H,28,29)(H,30,31). The van der Waals surface area contributed by atoms with E-state index < -0.39 is 12.1 Å². The summed E-state index contributed by atoms with van der Waals surface area (Å²) < 4.78 is 10.8. The molecule has 3 N–H and O–H groups in total. The summed E-state index contributed by atoms with van der Waals surface area (Å²) in [6.45, 7) is 0.820. The van der Waals surface area contributed by atoms with Crippen molar-refractivity contribution in [2.24, 2.45) is 5.41 Å². The van der Waals surface area contributed by atoms with E-state index in [0.29, 0.717) is 6.54 Å². The third-order valence-corrected chi connectivity index (χ3v) is 6.69. The van der Waals surface area contributed by atoms with Crippen molar-refractivity contribution in [3.8, 4) is 11.1 Å². The van der Waals surface area contributed by atoms with E-state index in [-0.39, 0.29) is 50.0 Å². The number of hydrogen-bond donors (Lipinski definition) is 3. The molecule has 8 heteroatoms. The number of hydrogen-bond acceptors (Lipinski definition) is 5. The zero-order chi connectivity index (χ0) is 24.0. The molecule has 0 radical (unpaired) electrons. The number of benzene rings is 2. The number of amides is 2. The van der Waals surface area contributed by atoms with Crippen molar-refractivity contribution >= 4 is 18.0 Å². The van der Waals surface area contributed by atoms with Crippen LogP contribution in [0.1, 0.15) is 42.7 Å². The molecule has 2 amide bonds. The Bertz CT molecular complexity index is 1000. The van der Waals surface area contributed by atoms with Crippen molar-refractivity contribution < 1.29 is 29.0 Å². The average molecular weight is 467 g/mol. The quantitative estimate of drug-likeness (QED) is 0.438. The first-order valence-electron chi connectivity index (χ1n) is 11.6. The maximum atomic E-state index is 12.1. The average Bonchev–Trinajstić information content (AvgIpc) is 3.12. The molecule has 0 atom stereocenters. The second kappa shape index (κ2) is 10.7. The van der Waals surface area contributed by atoms with Gasteiger partial charge < -0.3 is 25.2 Å². The van der Waals surface area contributed by atoms with Crippen LogP contribution in [0.2, 0.25) is 0 Å². The molecule has 0 saturated heterocycles. The molecule has 2 aromatic rings. The van der Waals surface area contributed by atoms with Crippen molar-refractivity contribution in [2.75, 3.05) is 32.9 Å². The summed E-state index contributed by atoms with van der Waals surface area (Å²) >= 11 is 0. The highest BCUT2D eigenvalue weighted by molar-refractivity contribution is 5.79. The van der Waals surface area contributed by atoms with Crippen molar-refractivity contribution in [2.45, 2.75) is 31.6 Å². The summed E-state index contributed by atoms with van der Waals surface area (Å²) in [4.78, 5) is 35.1. The molecule has 0 aromatic heterocycles. The molecule has 180 valence electrons. The predicted molar refractivity (Wildman–Crippen MR) is 125 cm³/mol. The molecule has 0 aliphatic heterocycles. The number of carboxylic acids is 1. The third-order valence-electron chi connectivity index (χ3n) is 6.69. The largest absolute Gasteiger partial charge is 0.481 e. The predicted octanol–water partition coefficient (Wildman–Crippen LogP) is 3.30. The Kier molecular flexibility index (Phi) is 7.47. The van der Waals surface area contributed by atoms with E-state index in [2.05, 4.69) is 34.9 Å². The van der Waals surface area contributed by atoms with Gasteiger partial charge in [-0.1, -0.05) is 55.0 Å². The molecule has 2 aliphatic rings. The van der Waals surface area contributed by atoms with Gasteiger partial charge in [0.15, 0.2) is 0 Å². The van der Waals surface area contributed by atoms with Crippen LogP contribution in [0.5, 0.6) is 0 Å². The molecule has 8 nitrogen and oxygen atoms in total. The Morgan fingerprint density at radius 3 is 2.21 bits per heavy atom. The fourth-order valence-corrected chi connectivity index (χ4v) is 4.79. The van der Waals surface area contributed by atoms with Crippen LogP contribution in [-0.4, -0.2) is 56.0 Å². The monoisotopic (exact) mass is 466 g/mol. The van der Waals surface area contributed by atoms with Crippen LogP contribution in [-0.2, 0) is 19.1 Å². The smallest absolute Gasteiger partial charge is 0.407 e. The molecule has 4 rings (SSSR count). The highest BCUT2D eigenvalue weighted by Gasteiger charge is 2.39. The zero-order valence-electron chi connectivity index (χ0n) is 19.0. The Balaban J connectivity index is 1.13. The van der Waals surface area contributed by atoms with E-state index in [4.69, 9.17) is 14.6 Å². The third kappa shape index (κ3) is 5.56. The van der Waals surface area contributed by atoms with Gasteiger partial charge in [0.25, 0.3) is 0 Å². The molecule has 0 heterocycles. The first kappa shape index (κ1) is 23.8. The number of nitrogens with one attached hydrogen (secondary N) is 2. The SMILES string of the molecule is O=C(O)CC1(CNC(=O)COCCNC(=O)OCC2c3ccccc3-c3ccccc32)CCC1. The lowest BCUT2D eigenvalue weighted by atomic mass is 9.66. The maximum absolute atomic E-state index is 12.1. The Morgan fingerprint density at radius 1 is 0.971 bits per heavy atom. The highest BCUT2D eigenvalue weighted by Crippen LogP contribution is 2.44. The Morgan fingerprint density at radius 2 is 1.62 bits per heavy atom. The van der Waals surface area contributed by atoms with E-state index in [0.717, 1.165) is 30.4 Å². The molecule has 1 fully saturated rings. The minimum Gasteiger partial charge on any atom is -0.481 e. The molecule has 2 aliphatic carbocycles. The van der Waals surface area contributed by atoms with Crippen LogP contribution in [0.25, 0.3) is 11.1 Å². The molecular formula is C26H30N2O6. The van der Waals surface area contributed by atoms with Gasteiger partial charge in [-0.25, -0.2) is 4.79 Å². The van der Waals surface area contributed by atoms with Gasteiger partial charge in [0.1, 0.15) is 13.2 Å². The normalized spacial score (nSPS) is 15.5. The van der Waals surface area contributed by atoms with Crippen LogP contribution >= 0.6 is 0 Å². The van der Waals surface area contributed by atoms with Crippen LogP contribution in [0, 0.1) is 5.41 Å². The van der Waals surface area contributed by atoms with Gasteiger partial charge in [0.2, 0.25) is 5.91 Å². The molecule has 34 heavy (non-hydrogen) atoms. The van der Waals surface area contributed by atoms with Crippen molar-refractivity contribution in [1.29, 1.82) is 0 Å². The molecule has 0 unspecified atom stereocenters. The topological polar surface area (TPSA) is 114 Å². The minimum atomic E-state index is -0.843. The first-order valence-corrected chi connectivity index (χ1v) is 11.6. The number of alkyl carbamates (subject to hydrolysis) is 1. The summed E-state index contributed by atoms with van der Waals surface area (Å²) in [7, 11) is 0. The van der Waals surface area contributed by atoms with Crippen LogP contribution in [0.4, 0.5) is 4.79 Å².